The number of benzene rings is 2. The van der Waals surface area contributed by atoms with Crippen molar-refractivity contribution in [2.24, 2.45) is 5.41 Å². The maximum atomic E-state index is 13.8. The molecule has 1 N–H and O–H groups in total. The first kappa shape index (κ1) is 21.6. The molecule has 0 amide bonds. The Balaban J connectivity index is 1.62. The molecule has 2 unspecified atom stereocenters. The summed E-state index contributed by atoms with van der Waals surface area (Å²) in [5.41, 5.74) is 5.46. The summed E-state index contributed by atoms with van der Waals surface area (Å²) >= 11 is 0. The van der Waals surface area contributed by atoms with Crippen LogP contribution >= 0.6 is 0 Å². The predicted octanol–water partition coefficient (Wildman–Crippen LogP) is 4.67. The number of hydrogen-bond donors (Lipinski definition) is 1. The largest absolute Gasteiger partial charge is 0.357 e. The summed E-state index contributed by atoms with van der Waals surface area (Å²) in [4.78, 5) is 27.5. The number of fused-ring (bicyclic) bond motifs is 4. The SMILES string of the molecule is C=Cc1ccc(C(C)n2c3c(c(=O)c4c2=CCCC=4)C=C2Nc4ccccc4C(=O)C2(C)C3)cc1. The molecule has 4 nitrogen and oxygen atoms in total. The van der Waals surface area contributed by atoms with E-state index >= 15 is 0 Å². The van der Waals surface area contributed by atoms with Gasteiger partial charge in [-0.25, -0.2) is 0 Å². The van der Waals surface area contributed by atoms with Gasteiger partial charge in [-0.15, -0.1) is 0 Å². The highest BCUT2D eigenvalue weighted by Crippen LogP contribution is 2.45. The smallest absolute Gasteiger partial charge is 0.196 e. The number of pyridine rings is 1. The van der Waals surface area contributed by atoms with Crippen molar-refractivity contribution >= 4 is 35.8 Å². The van der Waals surface area contributed by atoms with E-state index in [1.807, 2.05) is 43.3 Å². The van der Waals surface area contributed by atoms with Gasteiger partial charge >= 0.3 is 0 Å². The summed E-state index contributed by atoms with van der Waals surface area (Å²) in [5.74, 6) is 0.0963. The van der Waals surface area contributed by atoms with Crippen molar-refractivity contribution < 1.29 is 4.79 Å². The van der Waals surface area contributed by atoms with E-state index in [1.54, 1.807) is 0 Å². The van der Waals surface area contributed by atoms with Gasteiger partial charge < -0.3 is 9.88 Å². The Labute approximate surface area is 204 Å². The molecule has 0 saturated carbocycles. The fourth-order valence-electron chi connectivity index (χ4n) is 5.82. The third kappa shape index (κ3) is 3.13. The second-order valence-corrected chi connectivity index (χ2v) is 9.96. The molecule has 1 aromatic heterocycles. The Morgan fingerprint density at radius 3 is 2.57 bits per heavy atom. The second kappa shape index (κ2) is 7.81. The first-order valence-electron chi connectivity index (χ1n) is 12.3. The summed E-state index contributed by atoms with van der Waals surface area (Å²) in [5, 5.41) is 5.22. The van der Waals surface area contributed by atoms with Gasteiger partial charge in [0.05, 0.1) is 11.5 Å². The zero-order valence-electron chi connectivity index (χ0n) is 20.1. The number of aromatic nitrogens is 1. The highest BCUT2D eigenvalue weighted by Gasteiger charge is 2.46. The second-order valence-electron chi connectivity index (χ2n) is 9.96. The molecule has 1 aliphatic heterocycles. The van der Waals surface area contributed by atoms with Gasteiger partial charge in [0.2, 0.25) is 0 Å². The van der Waals surface area contributed by atoms with Crippen molar-refractivity contribution in [2.75, 3.05) is 5.32 Å². The highest BCUT2D eigenvalue weighted by molar-refractivity contribution is 6.10. The maximum absolute atomic E-state index is 13.8. The Bertz CT molecular complexity index is 1620. The molecular formula is C31H28N2O2. The fourth-order valence-corrected chi connectivity index (χ4v) is 5.82. The van der Waals surface area contributed by atoms with E-state index in [1.165, 1.54) is 0 Å². The summed E-state index contributed by atoms with van der Waals surface area (Å²) in [6.07, 6.45) is 10.3. The number of nitrogens with zero attached hydrogens (tertiary/aromatic N) is 1. The van der Waals surface area contributed by atoms with Crippen LogP contribution in [0.5, 0.6) is 0 Å². The number of rotatable bonds is 3. The summed E-state index contributed by atoms with van der Waals surface area (Å²) < 4.78 is 2.30. The van der Waals surface area contributed by atoms with Gasteiger partial charge in [-0.2, -0.15) is 0 Å². The standard InChI is InChI=1S/C31H28N2O2/c1-4-20-13-15-21(16-14-20)19(2)33-26-12-8-6-10-23(26)29(34)24-17-28-31(3,18-27(24)33)30(35)22-9-5-7-11-25(22)32-28/h4-5,7,9-17,19,32H,1,6,8,18H2,2-3H3. The van der Waals surface area contributed by atoms with Crippen molar-refractivity contribution in [3.63, 3.8) is 0 Å². The van der Waals surface area contributed by atoms with Crippen LogP contribution in [0.15, 0.2) is 65.6 Å². The lowest BCUT2D eigenvalue weighted by Gasteiger charge is -2.41. The van der Waals surface area contributed by atoms with E-state index < -0.39 is 5.41 Å². The van der Waals surface area contributed by atoms with Crippen LogP contribution in [-0.2, 0) is 6.42 Å². The monoisotopic (exact) mass is 460 g/mol. The molecule has 2 aromatic carbocycles. The number of hydrogen-bond acceptors (Lipinski definition) is 3. The van der Waals surface area contributed by atoms with Crippen LogP contribution in [0.25, 0.3) is 24.3 Å². The molecule has 3 aromatic rings. The molecular weight excluding hydrogens is 432 g/mol. The molecule has 3 aliphatic rings. The molecule has 4 heteroatoms. The molecule has 2 aliphatic carbocycles. The zero-order chi connectivity index (χ0) is 24.3. The number of carbonyl (C=O) groups excluding carboxylic acids is 1. The minimum atomic E-state index is -0.755. The predicted molar refractivity (Wildman–Crippen MR) is 143 cm³/mol. The first-order valence-corrected chi connectivity index (χ1v) is 12.3. The molecule has 0 bridgehead atoms. The Morgan fingerprint density at radius 2 is 1.80 bits per heavy atom. The number of ketones is 1. The lowest BCUT2D eigenvalue weighted by atomic mass is 9.69. The van der Waals surface area contributed by atoms with Gasteiger partial charge in [-0.1, -0.05) is 61.2 Å². The Hall–Kier alpha value is -3.92. The number of Topliss-reactive ketones (excluding diaryl/α,β-unsaturated/α-hetero) is 1. The van der Waals surface area contributed by atoms with Crippen molar-refractivity contribution in [3.8, 4) is 0 Å². The van der Waals surface area contributed by atoms with E-state index in [-0.39, 0.29) is 17.3 Å². The lowest BCUT2D eigenvalue weighted by molar-refractivity contribution is 0.0850. The number of carbonyl (C=O) groups is 1. The molecule has 35 heavy (non-hydrogen) atoms. The molecule has 0 spiro atoms. The average Bonchev–Trinajstić information content (AvgIpc) is 2.89. The van der Waals surface area contributed by atoms with Crippen LogP contribution < -0.4 is 21.3 Å². The summed E-state index contributed by atoms with van der Waals surface area (Å²) in [6, 6.07) is 16.0. The normalized spacial score (nSPS) is 20.5. The van der Waals surface area contributed by atoms with Gasteiger partial charge in [0.15, 0.2) is 11.2 Å². The first-order chi connectivity index (χ1) is 16.9. The Morgan fingerprint density at radius 1 is 1.06 bits per heavy atom. The van der Waals surface area contributed by atoms with Crippen LogP contribution in [0, 0.1) is 5.41 Å². The molecule has 0 saturated heterocycles. The Kier molecular flexibility index (Phi) is 4.82. The zero-order valence-corrected chi connectivity index (χ0v) is 20.1. The van der Waals surface area contributed by atoms with Crippen molar-refractivity contribution in [2.45, 2.75) is 39.2 Å². The van der Waals surface area contributed by atoms with Crippen LogP contribution in [0.1, 0.15) is 65.5 Å². The molecule has 0 radical (unpaired) electrons. The topological polar surface area (TPSA) is 51.1 Å². The minimum Gasteiger partial charge on any atom is -0.357 e. The molecule has 2 atom stereocenters. The summed E-state index contributed by atoms with van der Waals surface area (Å²) in [6.45, 7) is 8.04. The molecule has 6 rings (SSSR count). The van der Waals surface area contributed by atoms with Gasteiger partial charge in [-0.3, -0.25) is 9.59 Å². The molecule has 2 heterocycles. The number of anilines is 1. The van der Waals surface area contributed by atoms with Gasteiger partial charge in [-0.05, 0) is 56.0 Å². The number of nitrogens with one attached hydrogen (secondary N) is 1. The van der Waals surface area contributed by atoms with E-state index in [0.29, 0.717) is 17.5 Å². The number of allylic oxidation sites excluding steroid dienone is 1. The van der Waals surface area contributed by atoms with Crippen molar-refractivity contribution in [1.29, 1.82) is 0 Å². The average molecular weight is 461 g/mol. The van der Waals surface area contributed by atoms with Crippen molar-refractivity contribution in [1.82, 2.24) is 4.57 Å². The van der Waals surface area contributed by atoms with Gasteiger partial charge in [0.25, 0.3) is 0 Å². The lowest BCUT2D eigenvalue weighted by Crippen LogP contribution is -2.53. The van der Waals surface area contributed by atoms with Crippen LogP contribution in [-0.4, -0.2) is 10.4 Å². The van der Waals surface area contributed by atoms with E-state index in [0.717, 1.165) is 51.6 Å². The number of para-hydroxylation sites is 1. The van der Waals surface area contributed by atoms with Gasteiger partial charge in [0, 0.05) is 45.2 Å². The van der Waals surface area contributed by atoms with Gasteiger partial charge in [0.1, 0.15) is 0 Å². The quantitative estimate of drug-likeness (QED) is 0.618. The van der Waals surface area contributed by atoms with Crippen molar-refractivity contribution in [3.05, 3.63) is 110 Å². The molecule has 174 valence electrons. The molecule has 0 fully saturated rings. The van der Waals surface area contributed by atoms with E-state index in [4.69, 9.17) is 0 Å². The highest BCUT2D eigenvalue weighted by atomic mass is 16.1. The third-order valence-electron chi connectivity index (χ3n) is 7.87. The van der Waals surface area contributed by atoms with Crippen LogP contribution in [0.2, 0.25) is 0 Å². The van der Waals surface area contributed by atoms with E-state index in [9.17, 15) is 9.59 Å². The minimum absolute atomic E-state index is 0.00259. The third-order valence-corrected chi connectivity index (χ3v) is 7.87. The van der Waals surface area contributed by atoms with Crippen LogP contribution in [0.3, 0.4) is 0 Å². The van der Waals surface area contributed by atoms with E-state index in [2.05, 4.69) is 59.8 Å². The maximum Gasteiger partial charge on any atom is 0.196 e. The van der Waals surface area contributed by atoms with Crippen LogP contribution in [0.4, 0.5) is 5.69 Å². The fraction of sp³-hybridized carbons (Fsp3) is 0.226. The summed E-state index contributed by atoms with van der Waals surface area (Å²) in [7, 11) is 0.